The Hall–Kier alpha value is -5.50. The van der Waals surface area contributed by atoms with E-state index in [4.69, 9.17) is 15.8 Å². The first-order valence-corrected chi connectivity index (χ1v) is 13.3. The quantitative estimate of drug-likeness (QED) is 0.110. The van der Waals surface area contributed by atoms with Crippen molar-refractivity contribution in [3.05, 3.63) is 118 Å². The highest BCUT2D eigenvalue weighted by Gasteiger charge is 2.28. The first-order chi connectivity index (χ1) is 20.2. The van der Waals surface area contributed by atoms with Crippen LogP contribution in [-0.4, -0.2) is 43.5 Å². The van der Waals surface area contributed by atoms with Crippen molar-refractivity contribution in [2.24, 2.45) is 5.10 Å². The molecule has 0 radical (unpaired) electrons. The van der Waals surface area contributed by atoms with E-state index in [-0.39, 0.29) is 27.5 Å². The molecule has 12 nitrogen and oxygen atoms in total. The van der Waals surface area contributed by atoms with Gasteiger partial charge in [-0.3, -0.25) is 25.8 Å². The standard InChI is InChI=1S/C29H21N5O7S/c30-24-11-5-18-13-22(42(40)41-39)15-26(36)27(18)28(24)34-32-20-8-3-17(4-9-20)16-1-6-19(7-2-16)31-33-21-10-12-25(35)23(14-21)29(37)38/h1-15,30-32,34,39H,(H,37,38). The normalized spacial score (nSPS) is 17.8. The van der Waals surface area contributed by atoms with Gasteiger partial charge in [-0.25, -0.2) is 14.3 Å². The van der Waals surface area contributed by atoms with Crippen LogP contribution in [0.1, 0.15) is 0 Å². The van der Waals surface area contributed by atoms with Crippen molar-refractivity contribution in [1.82, 2.24) is 5.43 Å². The van der Waals surface area contributed by atoms with Gasteiger partial charge in [0.2, 0.25) is 11.1 Å². The van der Waals surface area contributed by atoms with E-state index in [0.717, 1.165) is 23.3 Å². The number of carboxylic acids is 1. The predicted octanol–water partition coefficient (Wildman–Crippen LogP) is 3.58. The van der Waals surface area contributed by atoms with Crippen molar-refractivity contribution in [2.75, 3.05) is 10.9 Å². The minimum absolute atomic E-state index is 0.00452. The maximum Gasteiger partial charge on any atom is 0.339 e. The number of hydrazone groups is 1. The number of anilines is 2. The fraction of sp³-hybridized carbons (Fsp3) is 0. The number of carbonyl (C=O) groups excluding carboxylic acids is 2. The Labute approximate surface area is 240 Å². The Morgan fingerprint density at radius 3 is 2.14 bits per heavy atom. The van der Waals surface area contributed by atoms with Crippen LogP contribution in [0.4, 0.5) is 11.4 Å². The van der Waals surface area contributed by atoms with Crippen LogP contribution in [0.25, 0.3) is 11.1 Å². The number of aliphatic carboxylic acids is 1. The van der Waals surface area contributed by atoms with Crippen molar-refractivity contribution in [3.8, 4) is 11.1 Å². The molecule has 0 bridgehead atoms. The van der Waals surface area contributed by atoms with E-state index in [2.05, 4.69) is 25.7 Å². The molecule has 0 aromatic heterocycles. The second-order valence-electron chi connectivity index (χ2n) is 8.93. The molecule has 1 unspecified atom stereocenters. The summed E-state index contributed by atoms with van der Waals surface area (Å²) in [6.07, 6.45) is 9.36. The van der Waals surface area contributed by atoms with Crippen LogP contribution in [-0.2, 0) is 29.8 Å². The van der Waals surface area contributed by atoms with Gasteiger partial charge in [-0.15, -0.1) is 4.33 Å². The summed E-state index contributed by atoms with van der Waals surface area (Å²) < 4.78 is 15.6. The number of hydrogen-bond donors (Lipinski definition) is 6. The first-order valence-electron chi connectivity index (χ1n) is 12.2. The first kappa shape index (κ1) is 28.0. The van der Waals surface area contributed by atoms with Gasteiger partial charge in [-0.1, -0.05) is 30.3 Å². The summed E-state index contributed by atoms with van der Waals surface area (Å²) in [6, 6.07) is 14.8. The number of fused-ring (bicyclic) bond motifs is 1. The van der Waals surface area contributed by atoms with Gasteiger partial charge in [0.1, 0.15) is 5.57 Å². The molecule has 3 aliphatic carbocycles. The van der Waals surface area contributed by atoms with Crippen molar-refractivity contribution < 1.29 is 33.3 Å². The molecule has 0 saturated carbocycles. The number of rotatable bonds is 9. The van der Waals surface area contributed by atoms with E-state index >= 15 is 0 Å². The molecule has 210 valence electrons. The largest absolute Gasteiger partial charge is 0.478 e. The number of nitrogens with zero attached hydrogens (tertiary/aromatic N) is 1. The Morgan fingerprint density at radius 2 is 1.50 bits per heavy atom. The molecule has 2 aromatic carbocycles. The van der Waals surface area contributed by atoms with Crippen LogP contribution < -0.4 is 16.3 Å². The fourth-order valence-electron chi connectivity index (χ4n) is 4.17. The number of nitrogens with one attached hydrogen (secondary N) is 4. The number of carbonyl (C=O) groups is 3. The number of allylic oxidation sites excluding steroid dienone is 9. The van der Waals surface area contributed by atoms with Crippen LogP contribution in [0, 0.1) is 5.41 Å². The summed E-state index contributed by atoms with van der Waals surface area (Å²) in [5.74, 6) is -2.38. The molecule has 13 heteroatoms. The highest BCUT2D eigenvalue weighted by atomic mass is 32.2. The van der Waals surface area contributed by atoms with E-state index in [0.29, 0.717) is 22.7 Å². The Morgan fingerprint density at radius 1 is 0.833 bits per heavy atom. The maximum absolute atomic E-state index is 12.7. The van der Waals surface area contributed by atoms with Gasteiger partial charge < -0.3 is 10.5 Å². The van der Waals surface area contributed by atoms with Crippen LogP contribution in [0.2, 0.25) is 0 Å². The average molecular weight is 584 g/mol. The van der Waals surface area contributed by atoms with Crippen molar-refractivity contribution in [2.45, 2.75) is 0 Å². The van der Waals surface area contributed by atoms with Crippen molar-refractivity contribution >= 4 is 51.4 Å². The van der Waals surface area contributed by atoms with E-state index in [1.807, 2.05) is 36.4 Å². The highest BCUT2D eigenvalue weighted by molar-refractivity contribution is 7.84. The van der Waals surface area contributed by atoms with E-state index in [1.165, 1.54) is 24.3 Å². The molecular formula is C29H21N5O7S. The second-order valence-corrected chi connectivity index (χ2v) is 10.0. The number of carboxylic acid groups (broad SMARTS) is 1. The second kappa shape index (κ2) is 11.9. The lowest BCUT2D eigenvalue weighted by Gasteiger charge is -2.22. The van der Waals surface area contributed by atoms with Crippen molar-refractivity contribution in [3.63, 3.8) is 0 Å². The molecular weight excluding hydrogens is 562 g/mol. The highest BCUT2D eigenvalue weighted by Crippen LogP contribution is 2.29. The molecule has 0 spiro atoms. The SMILES string of the molecule is N=C1C=CC2=CC(S(=O)OO)=CC(=O)C2=C1NNc1ccc(-c2ccc(NN=C3C=CC(=O)C(C(=O)O)=C3)cc2)cc1. The smallest absolute Gasteiger partial charge is 0.339 e. The van der Waals surface area contributed by atoms with Gasteiger partial charge in [0, 0.05) is 6.08 Å². The summed E-state index contributed by atoms with van der Waals surface area (Å²) in [7, 11) is 0. The van der Waals surface area contributed by atoms with E-state index in [1.54, 1.807) is 18.2 Å². The van der Waals surface area contributed by atoms with Crippen LogP contribution in [0.15, 0.2) is 123 Å². The summed E-state index contributed by atoms with van der Waals surface area (Å²) in [6.45, 7) is 0. The minimum atomic E-state index is -2.20. The molecule has 2 aromatic rings. The minimum Gasteiger partial charge on any atom is -0.478 e. The van der Waals surface area contributed by atoms with Crippen molar-refractivity contribution in [1.29, 1.82) is 5.41 Å². The lowest BCUT2D eigenvalue weighted by molar-refractivity contribution is -0.134. The van der Waals surface area contributed by atoms with Gasteiger partial charge in [0.15, 0.2) is 11.6 Å². The predicted molar refractivity (Wildman–Crippen MR) is 156 cm³/mol. The lowest BCUT2D eigenvalue weighted by Crippen LogP contribution is -2.31. The number of ketones is 2. The summed E-state index contributed by atoms with van der Waals surface area (Å²) in [5.41, 5.74) is 12.8. The number of hydrogen-bond acceptors (Lipinski definition) is 11. The third-order valence-electron chi connectivity index (χ3n) is 6.26. The lowest BCUT2D eigenvalue weighted by atomic mass is 9.89. The fourth-order valence-corrected chi connectivity index (χ4v) is 4.68. The summed E-state index contributed by atoms with van der Waals surface area (Å²) >= 11 is -2.20. The monoisotopic (exact) mass is 583 g/mol. The molecule has 0 fully saturated rings. The van der Waals surface area contributed by atoms with Gasteiger partial charge in [0.25, 0.3) is 0 Å². The molecule has 0 saturated heterocycles. The number of hydrazine groups is 1. The molecule has 0 heterocycles. The Bertz CT molecular complexity index is 1760. The molecule has 6 N–H and O–H groups in total. The molecule has 42 heavy (non-hydrogen) atoms. The average Bonchev–Trinajstić information content (AvgIpc) is 3.00. The zero-order chi connectivity index (χ0) is 29.8. The number of benzene rings is 2. The van der Waals surface area contributed by atoms with Crippen LogP contribution >= 0.6 is 0 Å². The topological polar surface area (TPSA) is 190 Å². The molecule has 0 aliphatic heterocycles. The summed E-state index contributed by atoms with van der Waals surface area (Å²) in [5, 5.41) is 30.2. The Balaban J connectivity index is 1.24. The van der Waals surface area contributed by atoms with Gasteiger partial charge in [-0.05, 0) is 71.3 Å². The van der Waals surface area contributed by atoms with Gasteiger partial charge in [0.05, 0.1) is 39.0 Å². The van der Waals surface area contributed by atoms with Crippen LogP contribution in [0.5, 0.6) is 0 Å². The molecule has 3 aliphatic rings. The Kier molecular flexibility index (Phi) is 7.97. The zero-order valence-corrected chi connectivity index (χ0v) is 22.3. The zero-order valence-electron chi connectivity index (χ0n) is 21.5. The van der Waals surface area contributed by atoms with E-state index < -0.39 is 28.6 Å². The third-order valence-corrected chi connectivity index (χ3v) is 7.01. The van der Waals surface area contributed by atoms with Gasteiger partial charge in [-0.2, -0.15) is 5.10 Å². The molecule has 5 rings (SSSR count). The van der Waals surface area contributed by atoms with Gasteiger partial charge >= 0.3 is 5.97 Å². The maximum atomic E-state index is 12.7. The third kappa shape index (κ3) is 5.97. The molecule has 1 atom stereocenters. The van der Waals surface area contributed by atoms with Crippen LogP contribution in [0.3, 0.4) is 0 Å². The van der Waals surface area contributed by atoms with E-state index in [9.17, 15) is 18.6 Å². The summed E-state index contributed by atoms with van der Waals surface area (Å²) in [4.78, 5) is 35.5. The molecule has 0 amide bonds.